The highest BCUT2D eigenvalue weighted by atomic mass is 35.5. The van der Waals surface area contributed by atoms with Gasteiger partial charge in [0.1, 0.15) is 5.75 Å². The van der Waals surface area contributed by atoms with E-state index in [1.165, 1.54) is 16.0 Å². The van der Waals surface area contributed by atoms with Crippen LogP contribution >= 0.6 is 22.9 Å². The maximum Gasteiger partial charge on any atom is 0.122 e. The average Bonchev–Trinajstić information content (AvgIpc) is 2.94. The van der Waals surface area contributed by atoms with Gasteiger partial charge in [0.25, 0.3) is 0 Å². The molecular weight excluding hydrogens is 302 g/mol. The molecular formula is C17H20ClNOS. The molecule has 1 aromatic heterocycles. The normalized spacial score (nSPS) is 15.3. The molecule has 112 valence electrons. The summed E-state index contributed by atoms with van der Waals surface area (Å²) in [5.74, 6) is 1.04. The van der Waals surface area contributed by atoms with E-state index in [4.69, 9.17) is 16.3 Å². The van der Waals surface area contributed by atoms with E-state index in [-0.39, 0.29) is 6.04 Å². The summed E-state index contributed by atoms with van der Waals surface area (Å²) in [4.78, 5) is 1.20. The predicted octanol–water partition coefficient (Wildman–Crippen LogP) is 4.82. The minimum absolute atomic E-state index is 0.171. The van der Waals surface area contributed by atoms with E-state index >= 15 is 0 Å². The van der Waals surface area contributed by atoms with Crippen molar-refractivity contribution in [2.75, 3.05) is 13.2 Å². The molecule has 1 unspecified atom stereocenters. The molecule has 4 heteroatoms. The first kappa shape index (κ1) is 14.9. The van der Waals surface area contributed by atoms with Crippen molar-refractivity contribution in [3.63, 3.8) is 0 Å². The number of ether oxygens (including phenoxy) is 1. The predicted molar refractivity (Wildman–Crippen MR) is 89.7 cm³/mol. The number of benzene rings is 1. The van der Waals surface area contributed by atoms with Gasteiger partial charge in [0.05, 0.1) is 17.7 Å². The van der Waals surface area contributed by atoms with Crippen molar-refractivity contribution in [3.8, 4) is 5.75 Å². The lowest BCUT2D eigenvalue weighted by Crippen LogP contribution is -2.23. The number of aryl methyl sites for hydroxylation is 1. The van der Waals surface area contributed by atoms with Crippen LogP contribution in [0.25, 0.3) is 0 Å². The van der Waals surface area contributed by atoms with Gasteiger partial charge in [0.15, 0.2) is 0 Å². The number of hydrogen-bond donors (Lipinski definition) is 1. The quantitative estimate of drug-likeness (QED) is 0.852. The van der Waals surface area contributed by atoms with Crippen LogP contribution in [-0.2, 0) is 6.42 Å². The van der Waals surface area contributed by atoms with Crippen LogP contribution in [0.2, 0.25) is 5.02 Å². The first-order chi connectivity index (χ1) is 10.3. The minimum Gasteiger partial charge on any atom is -0.493 e. The van der Waals surface area contributed by atoms with E-state index in [1.807, 2.05) is 6.07 Å². The van der Waals surface area contributed by atoms with Crippen molar-refractivity contribution >= 4 is 22.9 Å². The van der Waals surface area contributed by atoms with Crippen LogP contribution in [0.15, 0.2) is 29.6 Å². The lowest BCUT2D eigenvalue weighted by atomic mass is 9.98. The Morgan fingerprint density at radius 1 is 1.38 bits per heavy atom. The van der Waals surface area contributed by atoms with Gasteiger partial charge in [-0.1, -0.05) is 30.7 Å². The average molecular weight is 322 g/mol. The molecule has 3 rings (SSSR count). The highest BCUT2D eigenvalue weighted by Gasteiger charge is 2.20. The summed E-state index contributed by atoms with van der Waals surface area (Å²) in [6.07, 6.45) is 3.30. The number of rotatable bonds is 5. The van der Waals surface area contributed by atoms with Crippen molar-refractivity contribution < 1.29 is 4.74 Å². The number of thiophene rings is 1. The van der Waals surface area contributed by atoms with Crippen LogP contribution in [0.3, 0.4) is 0 Å². The molecule has 0 saturated carbocycles. The van der Waals surface area contributed by atoms with Crippen molar-refractivity contribution in [1.29, 1.82) is 0 Å². The Morgan fingerprint density at radius 2 is 2.29 bits per heavy atom. The molecule has 21 heavy (non-hydrogen) atoms. The smallest absolute Gasteiger partial charge is 0.122 e. The Hall–Kier alpha value is -1.03. The van der Waals surface area contributed by atoms with Crippen LogP contribution in [-0.4, -0.2) is 13.2 Å². The number of halogens is 1. The fraction of sp³-hybridized carbons (Fsp3) is 0.412. The van der Waals surface area contributed by atoms with E-state index in [2.05, 4.69) is 35.8 Å². The molecule has 1 atom stereocenters. The largest absolute Gasteiger partial charge is 0.493 e. The van der Waals surface area contributed by atoms with Crippen LogP contribution < -0.4 is 10.1 Å². The molecule has 0 bridgehead atoms. The number of nitrogens with one attached hydrogen (secondary N) is 1. The molecule has 1 N–H and O–H groups in total. The molecule has 1 aliphatic rings. The zero-order valence-corrected chi connectivity index (χ0v) is 13.8. The molecule has 0 aliphatic carbocycles. The van der Waals surface area contributed by atoms with E-state index in [1.54, 1.807) is 11.3 Å². The van der Waals surface area contributed by atoms with Crippen LogP contribution in [0.4, 0.5) is 0 Å². The summed E-state index contributed by atoms with van der Waals surface area (Å²) in [6.45, 7) is 3.99. The molecule has 0 amide bonds. The highest BCUT2D eigenvalue weighted by molar-refractivity contribution is 7.10. The number of fused-ring (bicyclic) bond motifs is 1. The molecule has 0 fully saturated rings. The van der Waals surface area contributed by atoms with Gasteiger partial charge in [-0.15, -0.1) is 11.3 Å². The molecule has 0 saturated heterocycles. The number of hydrogen-bond acceptors (Lipinski definition) is 3. The second kappa shape index (κ2) is 6.82. The summed E-state index contributed by atoms with van der Waals surface area (Å²) < 4.78 is 5.71. The summed E-state index contributed by atoms with van der Waals surface area (Å²) in [6, 6.07) is 8.69. The lowest BCUT2D eigenvalue weighted by Gasteiger charge is -2.22. The SMILES string of the molecule is CCCNC(c1ccc2c(c1)CCCO2)c1sccc1Cl. The molecule has 1 aliphatic heterocycles. The molecule has 2 heterocycles. The fourth-order valence-corrected chi connectivity index (χ4v) is 3.99. The molecule has 0 radical (unpaired) electrons. The first-order valence-electron chi connectivity index (χ1n) is 7.51. The Balaban J connectivity index is 1.94. The van der Waals surface area contributed by atoms with E-state index in [9.17, 15) is 0 Å². The minimum atomic E-state index is 0.171. The zero-order valence-electron chi connectivity index (χ0n) is 12.2. The summed E-state index contributed by atoms with van der Waals surface area (Å²) in [7, 11) is 0. The molecule has 0 spiro atoms. The second-order valence-corrected chi connectivity index (χ2v) is 6.69. The second-order valence-electron chi connectivity index (χ2n) is 5.34. The molecule has 2 aromatic rings. The van der Waals surface area contributed by atoms with Gasteiger partial charge in [0.2, 0.25) is 0 Å². The van der Waals surface area contributed by atoms with E-state index < -0.39 is 0 Å². The van der Waals surface area contributed by atoms with Gasteiger partial charge in [-0.25, -0.2) is 0 Å². The van der Waals surface area contributed by atoms with Gasteiger partial charge in [-0.3, -0.25) is 0 Å². The third-order valence-electron chi connectivity index (χ3n) is 3.77. The Kier molecular flexibility index (Phi) is 4.84. The maximum absolute atomic E-state index is 6.35. The van der Waals surface area contributed by atoms with Gasteiger partial charge < -0.3 is 10.1 Å². The van der Waals surface area contributed by atoms with Gasteiger partial charge >= 0.3 is 0 Å². The van der Waals surface area contributed by atoms with Gasteiger partial charge in [-0.05, 0) is 54.4 Å². The van der Waals surface area contributed by atoms with Crippen LogP contribution in [0.1, 0.15) is 41.8 Å². The van der Waals surface area contributed by atoms with Crippen molar-refractivity contribution in [2.24, 2.45) is 0 Å². The standard InChI is InChI=1S/C17H20ClNOS/c1-2-8-19-16(17-14(18)7-10-21-17)13-5-6-15-12(11-13)4-3-9-20-15/h5-7,10-11,16,19H,2-4,8-9H2,1H3. The van der Waals surface area contributed by atoms with Crippen LogP contribution in [0, 0.1) is 0 Å². The monoisotopic (exact) mass is 321 g/mol. The van der Waals surface area contributed by atoms with Gasteiger partial charge in [-0.2, -0.15) is 0 Å². The fourth-order valence-electron chi connectivity index (χ4n) is 2.72. The van der Waals surface area contributed by atoms with Crippen molar-refractivity contribution in [1.82, 2.24) is 5.32 Å². The van der Waals surface area contributed by atoms with Crippen molar-refractivity contribution in [3.05, 3.63) is 50.7 Å². The summed E-state index contributed by atoms with van der Waals surface area (Å²) in [5.41, 5.74) is 2.59. The zero-order chi connectivity index (χ0) is 14.7. The summed E-state index contributed by atoms with van der Waals surface area (Å²) in [5, 5.41) is 6.53. The Labute approximate surface area is 135 Å². The third kappa shape index (κ3) is 3.25. The molecule has 2 nitrogen and oxygen atoms in total. The highest BCUT2D eigenvalue weighted by Crippen LogP contribution is 2.35. The third-order valence-corrected chi connectivity index (χ3v) is 5.19. The van der Waals surface area contributed by atoms with Crippen molar-refractivity contribution in [2.45, 2.75) is 32.2 Å². The first-order valence-corrected chi connectivity index (χ1v) is 8.77. The van der Waals surface area contributed by atoms with Crippen LogP contribution in [0.5, 0.6) is 5.75 Å². The van der Waals surface area contributed by atoms with Gasteiger partial charge in [0, 0.05) is 4.88 Å². The lowest BCUT2D eigenvalue weighted by molar-refractivity contribution is 0.288. The van der Waals surface area contributed by atoms with E-state index in [0.29, 0.717) is 0 Å². The Morgan fingerprint density at radius 3 is 3.05 bits per heavy atom. The topological polar surface area (TPSA) is 21.3 Å². The summed E-state index contributed by atoms with van der Waals surface area (Å²) >= 11 is 8.07. The van der Waals surface area contributed by atoms with E-state index in [0.717, 1.165) is 43.2 Å². The Bertz CT molecular complexity index is 611. The molecule has 1 aromatic carbocycles. The maximum atomic E-state index is 6.35.